The summed E-state index contributed by atoms with van der Waals surface area (Å²) in [4.78, 5) is 22.1. The molecular formula is C10H18O5. The molecule has 0 aromatic rings. The van der Waals surface area contributed by atoms with Gasteiger partial charge < -0.3 is 14.6 Å². The van der Waals surface area contributed by atoms with Crippen molar-refractivity contribution in [3.63, 3.8) is 0 Å². The smallest absolute Gasteiger partial charge is 0.347 e. The van der Waals surface area contributed by atoms with Crippen LogP contribution in [0, 0.1) is 0 Å². The fourth-order valence-electron chi connectivity index (χ4n) is 0.755. The van der Waals surface area contributed by atoms with Crippen molar-refractivity contribution in [2.24, 2.45) is 0 Å². The third-order valence-electron chi connectivity index (χ3n) is 1.71. The molecule has 88 valence electrons. The minimum atomic E-state index is -1.23. The van der Waals surface area contributed by atoms with Gasteiger partial charge in [0.2, 0.25) is 0 Å². The number of aliphatic hydroxyl groups excluding tert-OH is 1. The maximum atomic E-state index is 11.2. The first-order valence-electron chi connectivity index (χ1n) is 5.04. The van der Waals surface area contributed by atoms with E-state index in [1.807, 2.05) is 6.92 Å². The van der Waals surface area contributed by atoms with Crippen molar-refractivity contribution in [2.75, 3.05) is 6.61 Å². The maximum absolute atomic E-state index is 11.2. The van der Waals surface area contributed by atoms with E-state index < -0.39 is 24.1 Å². The van der Waals surface area contributed by atoms with Gasteiger partial charge >= 0.3 is 11.9 Å². The van der Waals surface area contributed by atoms with Gasteiger partial charge in [-0.3, -0.25) is 0 Å². The summed E-state index contributed by atoms with van der Waals surface area (Å²) < 4.78 is 9.47. The maximum Gasteiger partial charge on any atom is 0.347 e. The third-order valence-corrected chi connectivity index (χ3v) is 1.71. The molecule has 0 aliphatic heterocycles. The van der Waals surface area contributed by atoms with E-state index >= 15 is 0 Å². The molecule has 0 aromatic carbocycles. The van der Waals surface area contributed by atoms with Crippen molar-refractivity contribution in [1.29, 1.82) is 0 Å². The van der Waals surface area contributed by atoms with E-state index in [2.05, 4.69) is 4.74 Å². The molecule has 0 aliphatic carbocycles. The van der Waals surface area contributed by atoms with Gasteiger partial charge in [0.1, 0.15) is 6.10 Å². The third kappa shape index (κ3) is 6.06. The van der Waals surface area contributed by atoms with Gasteiger partial charge in [0.15, 0.2) is 6.10 Å². The predicted molar refractivity (Wildman–Crippen MR) is 53.1 cm³/mol. The molecule has 0 rings (SSSR count). The molecule has 0 unspecified atom stereocenters. The van der Waals surface area contributed by atoms with Gasteiger partial charge in [0, 0.05) is 0 Å². The van der Waals surface area contributed by atoms with Gasteiger partial charge in [0.25, 0.3) is 0 Å². The summed E-state index contributed by atoms with van der Waals surface area (Å²) in [5, 5.41) is 8.84. The van der Waals surface area contributed by atoms with E-state index in [0.717, 1.165) is 12.8 Å². The highest BCUT2D eigenvalue weighted by molar-refractivity contribution is 5.80. The van der Waals surface area contributed by atoms with Crippen LogP contribution in [-0.2, 0) is 19.1 Å². The fourth-order valence-corrected chi connectivity index (χ4v) is 0.755. The van der Waals surface area contributed by atoms with E-state index in [-0.39, 0.29) is 0 Å². The predicted octanol–water partition coefficient (Wildman–Crippen LogP) is 0.642. The zero-order chi connectivity index (χ0) is 11.8. The lowest BCUT2D eigenvalue weighted by atomic mass is 10.3. The summed E-state index contributed by atoms with van der Waals surface area (Å²) in [5.41, 5.74) is 0. The van der Waals surface area contributed by atoms with Crippen LogP contribution in [0.25, 0.3) is 0 Å². The second-order valence-electron chi connectivity index (χ2n) is 3.28. The molecule has 0 saturated carbocycles. The van der Waals surface area contributed by atoms with E-state index in [4.69, 9.17) is 9.84 Å². The Balaban J connectivity index is 3.83. The zero-order valence-corrected chi connectivity index (χ0v) is 9.36. The van der Waals surface area contributed by atoms with Crippen LogP contribution in [0.3, 0.4) is 0 Å². The summed E-state index contributed by atoms with van der Waals surface area (Å²) in [7, 11) is 0. The van der Waals surface area contributed by atoms with Crippen LogP contribution in [-0.4, -0.2) is 35.9 Å². The Morgan fingerprint density at radius 1 is 1.27 bits per heavy atom. The largest absolute Gasteiger partial charge is 0.463 e. The number of ether oxygens (including phenoxy) is 2. The molecule has 1 N–H and O–H groups in total. The number of unbranched alkanes of at least 4 members (excludes halogenated alkanes) is 1. The first-order chi connectivity index (χ1) is 6.99. The van der Waals surface area contributed by atoms with E-state index in [1.165, 1.54) is 13.8 Å². The topological polar surface area (TPSA) is 72.8 Å². The summed E-state index contributed by atoms with van der Waals surface area (Å²) in [5.74, 6) is -1.41. The molecule has 5 heteroatoms. The van der Waals surface area contributed by atoms with Crippen LogP contribution in [0.5, 0.6) is 0 Å². The number of rotatable bonds is 6. The normalized spacial score (nSPS) is 14.1. The molecule has 0 saturated heterocycles. The summed E-state index contributed by atoms with van der Waals surface area (Å²) in [6, 6.07) is 0. The van der Waals surface area contributed by atoms with Crippen LogP contribution < -0.4 is 0 Å². The molecule has 2 atom stereocenters. The first kappa shape index (κ1) is 13.9. The summed E-state index contributed by atoms with van der Waals surface area (Å²) in [6.07, 6.45) is -0.488. The first-order valence-corrected chi connectivity index (χ1v) is 5.04. The van der Waals surface area contributed by atoms with Crippen LogP contribution in [0.1, 0.15) is 33.6 Å². The molecule has 5 nitrogen and oxygen atoms in total. The highest BCUT2D eigenvalue weighted by Gasteiger charge is 2.21. The van der Waals surface area contributed by atoms with Gasteiger partial charge in [-0.15, -0.1) is 0 Å². The van der Waals surface area contributed by atoms with Crippen molar-refractivity contribution in [2.45, 2.75) is 45.8 Å². The minimum Gasteiger partial charge on any atom is -0.463 e. The zero-order valence-electron chi connectivity index (χ0n) is 9.36. The SMILES string of the molecule is CCCCOC(=O)[C@H](C)OC(=O)[C@H](C)O. The van der Waals surface area contributed by atoms with Crippen LogP contribution >= 0.6 is 0 Å². The van der Waals surface area contributed by atoms with Gasteiger partial charge in [-0.1, -0.05) is 13.3 Å². The van der Waals surface area contributed by atoms with Gasteiger partial charge in [-0.25, -0.2) is 9.59 Å². The molecule has 15 heavy (non-hydrogen) atoms. The number of hydrogen-bond donors (Lipinski definition) is 1. The van der Waals surface area contributed by atoms with Crippen molar-refractivity contribution < 1.29 is 24.2 Å². The van der Waals surface area contributed by atoms with Crippen LogP contribution in [0.4, 0.5) is 0 Å². The number of hydrogen-bond acceptors (Lipinski definition) is 5. The second kappa shape index (κ2) is 7.23. The van der Waals surface area contributed by atoms with Gasteiger partial charge in [0.05, 0.1) is 6.61 Å². The molecule has 0 spiro atoms. The Hall–Kier alpha value is -1.10. The monoisotopic (exact) mass is 218 g/mol. The average Bonchev–Trinajstić information content (AvgIpc) is 2.17. The Kier molecular flexibility index (Phi) is 6.70. The van der Waals surface area contributed by atoms with Crippen LogP contribution in [0.2, 0.25) is 0 Å². The molecule has 0 radical (unpaired) electrons. The standard InChI is InChI=1S/C10H18O5/c1-4-5-6-14-10(13)8(3)15-9(12)7(2)11/h7-8,11H,4-6H2,1-3H3/t7-,8-/m0/s1. The lowest BCUT2D eigenvalue weighted by molar-refractivity contribution is -0.171. The Labute approximate surface area is 89.4 Å². The molecule has 0 heterocycles. The summed E-state index contributed by atoms with van der Waals surface area (Å²) >= 11 is 0. The lowest BCUT2D eigenvalue weighted by Gasteiger charge is -2.13. The van der Waals surface area contributed by atoms with Crippen molar-refractivity contribution in [3.8, 4) is 0 Å². The quantitative estimate of drug-likeness (QED) is 0.523. The Morgan fingerprint density at radius 2 is 1.87 bits per heavy atom. The van der Waals surface area contributed by atoms with Gasteiger partial charge in [-0.2, -0.15) is 0 Å². The summed E-state index contributed by atoms with van der Waals surface area (Å²) in [6.45, 7) is 4.99. The Morgan fingerprint density at radius 3 is 2.33 bits per heavy atom. The molecular weight excluding hydrogens is 200 g/mol. The average molecular weight is 218 g/mol. The highest BCUT2D eigenvalue weighted by Crippen LogP contribution is 1.99. The number of esters is 2. The van der Waals surface area contributed by atoms with E-state index in [9.17, 15) is 9.59 Å². The molecule has 0 fully saturated rings. The van der Waals surface area contributed by atoms with E-state index in [0.29, 0.717) is 6.61 Å². The fraction of sp³-hybridized carbons (Fsp3) is 0.800. The minimum absolute atomic E-state index is 0.325. The van der Waals surface area contributed by atoms with Crippen molar-refractivity contribution in [1.82, 2.24) is 0 Å². The molecule has 0 bridgehead atoms. The van der Waals surface area contributed by atoms with Gasteiger partial charge in [-0.05, 0) is 20.3 Å². The Bertz CT molecular complexity index is 212. The molecule has 0 aliphatic rings. The second-order valence-corrected chi connectivity index (χ2v) is 3.28. The number of carbonyl (C=O) groups excluding carboxylic acids is 2. The number of carbonyl (C=O) groups is 2. The van der Waals surface area contributed by atoms with Crippen molar-refractivity contribution in [3.05, 3.63) is 0 Å². The number of aliphatic hydroxyl groups is 1. The van der Waals surface area contributed by atoms with Crippen molar-refractivity contribution >= 4 is 11.9 Å². The molecule has 0 aromatic heterocycles. The van der Waals surface area contributed by atoms with Crippen LogP contribution in [0.15, 0.2) is 0 Å². The lowest BCUT2D eigenvalue weighted by Crippen LogP contribution is -2.30. The molecule has 0 amide bonds. The van der Waals surface area contributed by atoms with E-state index in [1.54, 1.807) is 0 Å². The highest BCUT2D eigenvalue weighted by atomic mass is 16.6.